The summed E-state index contributed by atoms with van der Waals surface area (Å²) < 4.78 is 24.7. The Hall–Kier alpha value is -3.01. The van der Waals surface area contributed by atoms with Crippen molar-refractivity contribution in [1.82, 2.24) is 0 Å². The molecule has 5 nitrogen and oxygen atoms in total. The predicted octanol–water partition coefficient (Wildman–Crippen LogP) is 5.52. The molecule has 2 aromatic carbocycles. The standard InChI is InChI=1S/C22H14FNO4S3/c1-27-17-10-13(7-8-16(17)28-21(26)18-6-3-9-30-18)11-19-20(25)24(22(29)31-19)15-5-2-4-14(23)12-15/h2-12H,1H3/b19-11-. The van der Waals surface area contributed by atoms with Gasteiger partial charge in [-0.25, -0.2) is 9.18 Å². The van der Waals surface area contributed by atoms with Crippen molar-refractivity contribution in [3.8, 4) is 11.5 Å². The zero-order valence-corrected chi connectivity index (χ0v) is 18.5. The molecule has 4 rings (SSSR count). The average Bonchev–Trinajstić information content (AvgIpc) is 3.38. The van der Waals surface area contributed by atoms with Crippen LogP contribution >= 0.6 is 35.3 Å². The van der Waals surface area contributed by atoms with Gasteiger partial charge in [-0.3, -0.25) is 9.69 Å². The number of ether oxygens (including phenoxy) is 2. The fraction of sp³-hybridized carbons (Fsp3) is 0.0455. The van der Waals surface area contributed by atoms with Crippen LogP contribution in [-0.4, -0.2) is 23.3 Å². The van der Waals surface area contributed by atoms with E-state index in [0.717, 1.165) is 11.8 Å². The highest BCUT2D eigenvalue weighted by Crippen LogP contribution is 2.37. The van der Waals surface area contributed by atoms with E-state index in [1.54, 1.807) is 47.9 Å². The smallest absolute Gasteiger partial charge is 0.353 e. The average molecular weight is 472 g/mol. The summed E-state index contributed by atoms with van der Waals surface area (Å²) in [4.78, 5) is 27.2. The molecule has 1 amide bonds. The third-order valence-corrected chi connectivity index (χ3v) is 6.42. The summed E-state index contributed by atoms with van der Waals surface area (Å²) in [6.45, 7) is 0. The number of anilines is 1. The van der Waals surface area contributed by atoms with E-state index in [4.69, 9.17) is 21.7 Å². The highest BCUT2D eigenvalue weighted by molar-refractivity contribution is 8.27. The fourth-order valence-electron chi connectivity index (χ4n) is 2.86. The van der Waals surface area contributed by atoms with E-state index in [-0.39, 0.29) is 11.7 Å². The Kier molecular flexibility index (Phi) is 6.17. The van der Waals surface area contributed by atoms with Gasteiger partial charge in [-0.05, 0) is 53.4 Å². The van der Waals surface area contributed by atoms with E-state index in [0.29, 0.717) is 31.1 Å². The van der Waals surface area contributed by atoms with Gasteiger partial charge in [-0.15, -0.1) is 11.3 Å². The minimum atomic E-state index is -0.475. The molecular formula is C22H14FNO4S3. The van der Waals surface area contributed by atoms with Gasteiger partial charge in [0.05, 0.1) is 17.7 Å². The number of hydrogen-bond acceptors (Lipinski definition) is 7. The van der Waals surface area contributed by atoms with E-state index in [9.17, 15) is 14.0 Å². The first-order chi connectivity index (χ1) is 15.0. The number of methoxy groups -OCH3 is 1. The molecule has 3 aromatic rings. The number of carbonyl (C=O) groups excluding carboxylic acids is 2. The van der Waals surface area contributed by atoms with E-state index >= 15 is 0 Å². The highest BCUT2D eigenvalue weighted by atomic mass is 32.2. The summed E-state index contributed by atoms with van der Waals surface area (Å²) in [6, 6.07) is 14.1. The molecule has 0 aliphatic carbocycles. The van der Waals surface area contributed by atoms with Gasteiger partial charge in [0.2, 0.25) is 0 Å². The van der Waals surface area contributed by atoms with Crippen molar-refractivity contribution in [2.24, 2.45) is 0 Å². The Balaban J connectivity index is 1.58. The Bertz CT molecular complexity index is 1210. The lowest BCUT2D eigenvalue weighted by Crippen LogP contribution is -2.27. The molecule has 9 heteroatoms. The number of amides is 1. The molecule has 0 saturated carbocycles. The number of carbonyl (C=O) groups is 2. The van der Waals surface area contributed by atoms with Crippen LogP contribution in [-0.2, 0) is 4.79 Å². The Morgan fingerprint density at radius 2 is 1.97 bits per heavy atom. The van der Waals surface area contributed by atoms with Gasteiger partial charge >= 0.3 is 5.97 Å². The molecule has 1 saturated heterocycles. The highest BCUT2D eigenvalue weighted by Gasteiger charge is 2.33. The van der Waals surface area contributed by atoms with Gasteiger partial charge in [-0.1, -0.05) is 42.2 Å². The van der Waals surface area contributed by atoms with Crippen molar-refractivity contribution in [2.45, 2.75) is 0 Å². The number of rotatable bonds is 5. The molecule has 0 spiro atoms. The van der Waals surface area contributed by atoms with Gasteiger partial charge in [0.1, 0.15) is 10.7 Å². The maximum atomic E-state index is 13.6. The number of thiocarbonyl (C=S) groups is 1. The maximum absolute atomic E-state index is 13.6. The first-order valence-corrected chi connectivity index (χ1v) is 11.0. The molecule has 0 radical (unpaired) electrons. The van der Waals surface area contributed by atoms with Crippen LogP contribution in [0.15, 0.2) is 64.9 Å². The van der Waals surface area contributed by atoms with Crippen LogP contribution in [0.2, 0.25) is 0 Å². The molecule has 31 heavy (non-hydrogen) atoms. The Morgan fingerprint density at radius 1 is 1.13 bits per heavy atom. The van der Waals surface area contributed by atoms with Gasteiger partial charge in [-0.2, -0.15) is 0 Å². The summed E-state index contributed by atoms with van der Waals surface area (Å²) in [5.41, 5.74) is 1.03. The summed E-state index contributed by atoms with van der Waals surface area (Å²) >= 11 is 7.72. The lowest BCUT2D eigenvalue weighted by atomic mass is 10.1. The summed E-state index contributed by atoms with van der Waals surface area (Å²) in [6.07, 6.45) is 1.66. The topological polar surface area (TPSA) is 55.8 Å². The normalized spacial score (nSPS) is 14.9. The molecule has 0 N–H and O–H groups in total. The summed E-state index contributed by atoms with van der Waals surface area (Å²) in [5.74, 6) is -0.651. The number of halogens is 1. The number of esters is 1. The van der Waals surface area contributed by atoms with Crippen molar-refractivity contribution in [3.63, 3.8) is 0 Å². The number of hydrogen-bond donors (Lipinski definition) is 0. The quantitative estimate of drug-likeness (QED) is 0.211. The van der Waals surface area contributed by atoms with Crippen molar-refractivity contribution < 1.29 is 23.5 Å². The molecule has 1 fully saturated rings. The molecular weight excluding hydrogens is 457 g/mol. The first kappa shape index (κ1) is 21.2. The maximum Gasteiger partial charge on any atom is 0.353 e. The Morgan fingerprint density at radius 3 is 2.68 bits per heavy atom. The zero-order valence-electron chi connectivity index (χ0n) is 16.0. The molecule has 1 aliphatic rings. The second-order valence-electron chi connectivity index (χ2n) is 6.27. The van der Waals surface area contributed by atoms with Crippen molar-refractivity contribution in [3.05, 3.63) is 81.1 Å². The predicted molar refractivity (Wildman–Crippen MR) is 124 cm³/mol. The van der Waals surface area contributed by atoms with Crippen LogP contribution in [0, 0.1) is 5.82 Å². The van der Waals surface area contributed by atoms with Crippen molar-refractivity contribution >= 4 is 63.3 Å². The SMILES string of the molecule is COc1cc(/C=C2\SC(=S)N(c3cccc(F)c3)C2=O)ccc1OC(=O)c1cccs1. The monoisotopic (exact) mass is 471 g/mol. The molecule has 0 bridgehead atoms. The van der Waals surface area contributed by atoms with Gasteiger partial charge in [0.25, 0.3) is 5.91 Å². The molecule has 0 atom stereocenters. The number of thiophene rings is 1. The van der Waals surface area contributed by atoms with Crippen LogP contribution in [0.25, 0.3) is 6.08 Å². The second kappa shape index (κ2) is 9.01. The zero-order chi connectivity index (χ0) is 22.0. The van der Waals surface area contributed by atoms with Crippen LogP contribution in [0.3, 0.4) is 0 Å². The molecule has 2 heterocycles. The van der Waals surface area contributed by atoms with E-state index in [1.807, 2.05) is 0 Å². The van der Waals surface area contributed by atoms with Crippen molar-refractivity contribution in [2.75, 3.05) is 12.0 Å². The lowest BCUT2D eigenvalue weighted by Gasteiger charge is -2.14. The summed E-state index contributed by atoms with van der Waals surface area (Å²) in [7, 11) is 1.46. The minimum absolute atomic E-state index is 0.269. The van der Waals surface area contributed by atoms with Crippen molar-refractivity contribution in [1.29, 1.82) is 0 Å². The van der Waals surface area contributed by atoms with Gasteiger partial charge in [0, 0.05) is 0 Å². The molecule has 1 aromatic heterocycles. The second-order valence-corrected chi connectivity index (χ2v) is 8.90. The first-order valence-electron chi connectivity index (χ1n) is 8.93. The van der Waals surface area contributed by atoms with Crippen LogP contribution in [0.5, 0.6) is 11.5 Å². The third kappa shape index (κ3) is 4.53. The Labute approximate surface area is 191 Å². The van der Waals surface area contributed by atoms with Gasteiger partial charge in [0.15, 0.2) is 15.8 Å². The minimum Gasteiger partial charge on any atom is -0.493 e. The third-order valence-electron chi connectivity index (χ3n) is 4.27. The fourth-order valence-corrected chi connectivity index (χ4v) is 4.76. The summed E-state index contributed by atoms with van der Waals surface area (Å²) in [5, 5.41) is 1.79. The van der Waals surface area contributed by atoms with E-state index in [1.165, 1.54) is 41.5 Å². The number of thioether (sulfide) groups is 1. The van der Waals surface area contributed by atoms with Crippen LogP contribution in [0.1, 0.15) is 15.2 Å². The van der Waals surface area contributed by atoms with Crippen LogP contribution < -0.4 is 14.4 Å². The largest absolute Gasteiger partial charge is 0.493 e. The molecule has 0 unspecified atom stereocenters. The van der Waals surface area contributed by atoms with E-state index in [2.05, 4.69) is 0 Å². The lowest BCUT2D eigenvalue weighted by molar-refractivity contribution is -0.113. The molecule has 1 aliphatic heterocycles. The van der Waals surface area contributed by atoms with Gasteiger partial charge < -0.3 is 9.47 Å². The molecule has 156 valence electrons. The van der Waals surface area contributed by atoms with E-state index < -0.39 is 11.8 Å². The number of benzene rings is 2. The number of nitrogens with zero attached hydrogens (tertiary/aromatic N) is 1. The van der Waals surface area contributed by atoms with Crippen LogP contribution in [0.4, 0.5) is 10.1 Å².